The first-order valence-corrected chi connectivity index (χ1v) is 9.33. The van der Waals surface area contributed by atoms with Crippen LogP contribution in [0.2, 0.25) is 0 Å². The lowest BCUT2D eigenvalue weighted by Gasteiger charge is -2.16. The third-order valence-electron chi connectivity index (χ3n) is 3.53. The van der Waals surface area contributed by atoms with Gasteiger partial charge in [-0.25, -0.2) is 0 Å². The van der Waals surface area contributed by atoms with E-state index in [-0.39, 0.29) is 0 Å². The summed E-state index contributed by atoms with van der Waals surface area (Å²) in [5.41, 5.74) is -1.02. The second-order valence-corrected chi connectivity index (χ2v) is 7.37. The Hall–Kier alpha value is -0.380. The van der Waals surface area contributed by atoms with Gasteiger partial charge in [-0.15, -0.1) is 0 Å². The fourth-order valence-corrected chi connectivity index (χ4v) is 3.19. The number of aliphatic carboxylic acids is 1. The van der Waals surface area contributed by atoms with Crippen molar-refractivity contribution >= 4 is 13.6 Å². The van der Waals surface area contributed by atoms with E-state index < -0.39 is 25.6 Å². The van der Waals surface area contributed by atoms with Crippen molar-refractivity contribution in [2.24, 2.45) is 0 Å². The summed E-state index contributed by atoms with van der Waals surface area (Å²) in [6.07, 6.45) is 9.99. The molecule has 5 nitrogen and oxygen atoms in total. The average Bonchev–Trinajstić information content (AvgIpc) is 2.33. The second kappa shape index (κ2) is 11.3. The maximum Gasteiger partial charge on any atom is 0.329 e. The van der Waals surface area contributed by atoms with Crippen LogP contribution in [-0.4, -0.2) is 26.5 Å². The van der Waals surface area contributed by atoms with Crippen LogP contribution in [0, 0.1) is 0 Å². The Bertz CT molecular complexity index is 300. The summed E-state index contributed by atoms with van der Waals surface area (Å²) in [5.74, 6) is -1.14. The molecule has 120 valence electrons. The van der Waals surface area contributed by atoms with Crippen molar-refractivity contribution in [3.05, 3.63) is 0 Å². The first kappa shape index (κ1) is 19.6. The first-order chi connectivity index (χ1) is 9.38. The van der Waals surface area contributed by atoms with Gasteiger partial charge < -0.3 is 14.9 Å². The van der Waals surface area contributed by atoms with Crippen LogP contribution in [0.1, 0.15) is 77.6 Å². The molecule has 0 fully saturated rings. The van der Waals surface area contributed by atoms with E-state index in [1.807, 2.05) is 0 Å². The van der Waals surface area contributed by atoms with Crippen LogP contribution in [0.15, 0.2) is 0 Å². The van der Waals surface area contributed by atoms with Crippen LogP contribution in [0.25, 0.3) is 0 Å². The van der Waals surface area contributed by atoms with Gasteiger partial charge in [0.15, 0.2) is 0 Å². The summed E-state index contributed by atoms with van der Waals surface area (Å²) in [5, 5.41) is 8.65. The predicted octanol–water partition coefficient (Wildman–Crippen LogP) is 3.93. The van der Waals surface area contributed by atoms with Gasteiger partial charge in [-0.3, -0.25) is 9.36 Å². The molecule has 0 aromatic rings. The molecule has 0 spiro atoms. The van der Waals surface area contributed by atoms with E-state index in [0.717, 1.165) is 19.3 Å². The monoisotopic (exact) mass is 308 g/mol. The van der Waals surface area contributed by atoms with Crippen molar-refractivity contribution in [2.75, 3.05) is 0 Å². The van der Waals surface area contributed by atoms with Gasteiger partial charge >= 0.3 is 13.6 Å². The van der Waals surface area contributed by atoms with Crippen LogP contribution in [-0.2, 0) is 9.36 Å². The molecule has 3 N–H and O–H groups in total. The quantitative estimate of drug-likeness (QED) is 0.354. The fourth-order valence-electron chi connectivity index (χ4n) is 2.28. The molecular weight excluding hydrogens is 279 g/mol. The zero-order valence-corrected chi connectivity index (χ0v) is 13.4. The molecule has 1 unspecified atom stereocenters. The molecule has 0 aliphatic rings. The highest BCUT2D eigenvalue weighted by Gasteiger charge is 2.30. The van der Waals surface area contributed by atoms with Crippen molar-refractivity contribution in [3.63, 3.8) is 0 Å². The molecule has 0 aromatic heterocycles. The molecule has 6 heteroatoms. The van der Waals surface area contributed by atoms with Crippen LogP contribution in [0.3, 0.4) is 0 Å². The van der Waals surface area contributed by atoms with Gasteiger partial charge in [0.2, 0.25) is 0 Å². The molecule has 0 heterocycles. The Morgan fingerprint density at radius 3 is 1.80 bits per heavy atom. The fraction of sp³-hybridized carbons (Fsp3) is 0.929. The minimum atomic E-state index is -4.28. The van der Waals surface area contributed by atoms with Gasteiger partial charge in [0, 0.05) is 0 Å². The second-order valence-electron chi connectivity index (χ2n) is 5.46. The number of hydrogen-bond acceptors (Lipinski definition) is 2. The van der Waals surface area contributed by atoms with Gasteiger partial charge in [0.05, 0.1) is 12.1 Å². The lowest BCUT2D eigenvalue weighted by Crippen LogP contribution is -2.14. The highest BCUT2D eigenvalue weighted by Crippen LogP contribution is 2.45. The van der Waals surface area contributed by atoms with Crippen LogP contribution in [0.5, 0.6) is 0 Å². The summed E-state index contributed by atoms with van der Waals surface area (Å²) in [6, 6.07) is 0. The van der Waals surface area contributed by atoms with Crippen LogP contribution >= 0.6 is 7.60 Å². The molecule has 0 bridgehead atoms. The smallest absolute Gasteiger partial charge is 0.329 e. The zero-order valence-electron chi connectivity index (χ0n) is 12.5. The molecule has 0 saturated heterocycles. The minimum Gasteiger partial charge on any atom is -0.481 e. The third-order valence-corrected chi connectivity index (χ3v) is 4.92. The molecular formula is C14H29O5P. The Labute approximate surface area is 121 Å². The number of unbranched alkanes of at least 4 members (excludes halogenated alkanes) is 8. The van der Waals surface area contributed by atoms with Crippen molar-refractivity contribution < 1.29 is 24.3 Å². The normalized spacial score (nSPS) is 13.3. The van der Waals surface area contributed by atoms with Crippen molar-refractivity contribution in [1.29, 1.82) is 0 Å². The predicted molar refractivity (Wildman–Crippen MR) is 79.9 cm³/mol. The Kier molecular flexibility index (Phi) is 11.1. The number of rotatable bonds is 13. The number of hydrogen-bond donors (Lipinski definition) is 3. The van der Waals surface area contributed by atoms with E-state index >= 15 is 0 Å². The molecule has 0 saturated carbocycles. The van der Waals surface area contributed by atoms with Crippen LogP contribution < -0.4 is 0 Å². The lowest BCUT2D eigenvalue weighted by atomic mass is 10.1. The molecule has 0 aromatic carbocycles. The number of carbonyl (C=O) groups is 1. The molecule has 0 aliphatic heterocycles. The van der Waals surface area contributed by atoms with E-state index in [0.29, 0.717) is 12.8 Å². The molecule has 1 atom stereocenters. The topological polar surface area (TPSA) is 94.8 Å². The van der Waals surface area contributed by atoms with Gasteiger partial charge in [-0.1, -0.05) is 64.7 Å². The summed E-state index contributed by atoms with van der Waals surface area (Å²) in [4.78, 5) is 28.8. The van der Waals surface area contributed by atoms with Crippen molar-refractivity contribution in [1.82, 2.24) is 0 Å². The van der Waals surface area contributed by atoms with Crippen molar-refractivity contribution in [2.45, 2.75) is 83.2 Å². The molecule has 0 rings (SSSR count). The maximum absolute atomic E-state index is 11.2. The van der Waals surface area contributed by atoms with Crippen LogP contribution in [0.4, 0.5) is 0 Å². The third kappa shape index (κ3) is 11.4. The average molecular weight is 308 g/mol. The Morgan fingerprint density at radius 1 is 0.950 bits per heavy atom. The Balaban J connectivity index is 3.64. The summed E-state index contributed by atoms with van der Waals surface area (Å²) in [6.45, 7) is 2.19. The molecule has 0 radical (unpaired) electrons. The minimum absolute atomic E-state index is 0.298. The lowest BCUT2D eigenvalue weighted by molar-refractivity contribution is -0.137. The summed E-state index contributed by atoms with van der Waals surface area (Å²) < 4.78 is 11.2. The molecule has 0 amide bonds. The van der Waals surface area contributed by atoms with Gasteiger partial charge in [0.1, 0.15) is 0 Å². The highest BCUT2D eigenvalue weighted by atomic mass is 31.2. The van der Waals surface area contributed by atoms with E-state index in [1.54, 1.807) is 0 Å². The van der Waals surface area contributed by atoms with E-state index in [2.05, 4.69) is 6.92 Å². The standard InChI is InChI=1S/C14H29O5P/c1-2-3-4-5-6-7-8-9-10-11-13(12-14(15)16)20(17,18)19/h13H,2-12H2,1H3,(H,15,16)(H2,17,18,19). The SMILES string of the molecule is CCCCCCCCCCCC(CC(=O)O)P(=O)(O)O. The van der Waals surface area contributed by atoms with Gasteiger partial charge in [-0.2, -0.15) is 0 Å². The zero-order chi connectivity index (χ0) is 15.4. The summed E-state index contributed by atoms with van der Waals surface area (Å²) >= 11 is 0. The maximum atomic E-state index is 11.2. The van der Waals surface area contributed by atoms with E-state index in [1.165, 1.54) is 32.1 Å². The molecule has 0 aliphatic carbocycles. The van der Waals surface area contributed by atoms with E-state index in [9.17, 15) is 9.36 Å². The summed E-state index contributed by atoms with van der Waals surface area (Å²) in [7, 11) is -4.28. The largest absolute Gasteiger partial charge is 0.481 e. The van der Waals surface area contributed by atoms with Gasteiger partial charge in [-0.05, 0) is 6.42 Å². The highest BCUT2D eigenvalue weighted by molar-refractivity contribution is 7.52. The Morgan fingerprint density at radius 2 is 1.40 bits per heavy atom. The first-order valence-electron chi connectivity index (χ1n) is 7.65. The molecule has 20 heavy (non-hydrogen) atoms. The van der Waals surface area contributed by atoms with Gasteiger partial charge in [0.25, 0.3) is 0 Å². The number of carboxylic acids is 1. The number of carboxylic acid groups (broad SMARTS) is 1. The van der Waals surface area contributed by atoms with Crippen molar-refractivity contribution in [3.8, 4) is 0 Å². The van der Waals surface area contributed by atoms with E-state index in [4.69, 9.17) is 14.9 Å².